The van der Waals surface area contributed by atoms with E-state index in [2.05, 4.69) is 12.2 Å². The van der Waals surface area contributed by atoms with E-state index in [1.807, 2.05) is 22.8 Å². The van der Waals surface area contributed by atoms with Gasteiger partial charge in [0.1, 0.15) is 12.0 Å². The Bertz CT molecular complexity index is 628. The molecule has 3 rings (SSSR count). The fourth-order valence-corrected chi connectivity index (χ4v) is 2.38. The molecule has 1 aromatic carbocycles. The van der Waals surface area contributed by atoms with Gasteiger partial charge in [-0.3, -0.25) is 9.59 Å². The first-order valence-electron chi connectivity index (χ1n) is 5.59. The summed E-state index contributed by atoms with van der Waals surface area (Å²) < 4.78 is 2.00. The lowest BCUT2D eigenvalue weighted by Gasteiger charge is -2.24. The van der Waals surface area contributed by atoms with Crippen LogP contribution in [0.2, 0.25) is 0 Å². The van der Waals surface area contributed by atoms with E-state index in [1.54, 1.807) is 6.07 Å². The van der Waals surface area contributed by atoms with Crippen LogP contribution in [0.5, 0.6) is 0 Å². The standard InChI is InChI=1S/C13H12N2O2/c1-8-6-14-13(17)12-5-10-3-2-9(7-16)4-11(10)15(8)12/h2-5,7-8H,6H2,1H3,(H,14,17). The van der Waals surface area contributed by atoms with Gasteiger partial charge in [-0.25, -0.2) is 0 Å². The van der Waals surface area contributed by atoms with Gasteiger partial charge in [0.15, 0.2) is 0 Å². The van der Waals surface area contributed by atoms with Crippen molar-refractivity contribution < 1.29 is 9.59 Å². The highest BCUT2D eigenvalue weighted by atomic mass is 16.2. The summed E-state index contributed by atoms with van der Waals surface area (Å²) in [5, 5.41) is 3.84. The van der Waals surface area contributed by atoms with E-state index < -0.39 is 0 Å². The topological polar surface area (TPSA) is 51.1 Å². The van der Waals surface area contributed by atoms with Gasteiger partial charge in [0, 0.05) is 29.1 Å². The maximum Gasteiger partial charge on any atom is 0.268 e. The molecule has 86 valence electrons. The Morgan fingerprint density at radius 1 is 1.41 bits per heavy atom. The van der Waals surface area contributed by atoms with Crippen LogP contribution >= 0.6 is 0 Å². The van der Waals surface area contributed by atoms with Gasteiger partial charge in [-0.2, -0.15) is 0 Å². The summed E-state index contributed by atoms with van der Waals surface area (Å²) in [6.07, 6.45) is 0.826. The highest BCUT2D eigenvalue weighted by molar-refractivity contribution is 6.00. The van der Waals surface area contributed by atoms with Crippen LogP contribution in [0.1, 0.15) is 33.8 Å². The number of fused-ring (bicyclic) bond motifs is 3. The number of carbonyl (C=O) groups excluding carboxylic acids is 2. The average Bonchev–Trinajstić information content (AvgIpc) is 2.73. The molecule has 2 aromatic rings. The van der Waals surface area contributed by atoms with Crippen LogP contribution in [0.15, 0.2) is 24.3 Å². The summed E-state index contributed by atoms with van der Waals surface area (Å²) in [6.45, 7) is 2.68. The SMILES string of the molecule is CC1CNC(=O)c2cc3ccc(C=O)cc3n21. The molecule has 1 atom stereocenters. The van der Waals surface area contributed by atoms with Crippen LogP contribution in [0.25, 0.3) is 10.9 Å². The molecule has 0 bridgehead atoms. The second-order valence-corrected chi connectivity index (χ2v) is 4.39. The zero-order chi connectivity index (χ0) is 12.0. The molecule has 17 heavy (non-hydrogen) atoms. The molecule has 0 saturated heterocycles. The monoisotopic (exact) mass is 228 g/mol. The third-order valence-electron chi connectivity index (χ3n) is 3.23. The molecule has 0 aliphatic carbocycles. The summed E-state index contributed by atoms with van der Waals surface area (Å²) in [7, 11) is 0. The number of rotatable bonds is 1. The highest BCUT2D eigenvalue weighted by Crippen LogP contribution is 2.27. The van der Waals surface area contributed by atoms with Crippen molar-refractivity contribution in [1.29, 1.82) is 0 Å². The molecular formula is C13H12N2O2. The van der Waals surface area contributed by atoms with Crippen LogP contribution in [0.4, 0.5) is 0 Å². The van der Waals surface area contributed by atoms with Gasteiger partial charge in [0.2, 0.25) is 0 Å². The van der Waals surface area contributed by atoms with E-state index in [0.717, 1.165) is 17.2 Å². The Kier molecular flexibility index (Phi) is 2.04. The van der Waals surface area contributed by atoms with Gasteiger partial charge >= 0.3 is 0 Å². The quantitative estimate of drug-likeness (QED) is 0.756. The molecule has 4 nitrogen and oxygen atoms in total. The molecule has 1 amide bonds. The molecule has 0 saturated carbocycles. The highest BCUT2D eigenvalue weighted by Gasteiger charge is 2.24. The second-order valence-electron chi connectivity index (χ2n) is 4.39. The van der Waals surface area contributed by atoms with Crippen LogP contribution in [-0.2, 0) is 0 Å². The zero-order valence-electron chi connectivity index (χ0n) is 9.43. The number of nitrogens with one attached hydrogen (secondary N) is 1. The number of aldehydes is 1. The van der Waals surface area contributed by atoms with E-state index >= 15 is 0 Å². The number of amides is 1. The first-order valence-corrected chi connectivity index (χ1v) is 5.59. The van der Waals surface area contributed by atoms with Gasteiger partial charge in [-0.05, 0) is 19.1 Å². The van der Waals surface area contributed by atoms with Gasteiger partial charge in [0.05, 0.1) is 0 Å². The summed E-state index contributed by atoms with van der Waals surface area (Å²) in [5.41, 5.74) is 2.25. The third-order valence-corrected chi connectivity index (χ3v) is 3.23. The van der Waals surface area contributed by atoms with Crippen molar-refractivity contribution in [3.05, 3.63) is 35.5 Å². The van der Waals surface area contributed by atoms with E-state index in [0.29, 0.717) is 17.8 Å². The fraction of sp³-hybridized carbons (Fsp3) is 0.231. The summed E-state index contributed by atoms with van der Waals surface area (Å²) in [4.78, 5) is 22.6. The van der Waals surface area contributed by atoms with Crippen molar-refractivity contribution in [2.45, 2.75) is 13.0 Å². The maximum atomic E-state index is 11.8. The van der Waals surface area contributed by atoms with Crippen molar-refractivity contribution in [3.8, 4) is 0 Å². The predicted molar refractivity (Wildman–Crippen MR) is 64.4 cm³/mol. The van der Waals surface area contributed by atoms with Crippen molar-refractivity contribution >= 4 is 23.1 Å². The van der Waals surface area contributed by atoms with E-state index in [-0.39, 0.29) is 11.9 Å². The van der Waals surface area contributed by atoms with Crippen LogP contribution in [0.3, 0.4) is 0 Å². The Hall–Kier alpha value is -2.10. The molecular weight excluding hydrogens is 216 g/mol. The van der Waals surface area contributed by atoms with Crippen molar-refractivity contribution in [1.82, 2.24) is 9.88 Å². The lowest BCUT2D eigenvalue weighted by atomic mass is 10.2. The minimum absolute atomic E-state index is 0.0491. The van der Waals surface area contributed by atoms with Crippen molar-refractivity contribution in [3.63, 3.8) is 0 Å². The lowest BCUT2D eigenvalue weighted by molar-refractivity contribution is 0.0919. The van der Waals surface area contributed by atoms with Gasteiger partial charge in [-0.1, -0.05) is 12.1 Å². The Balaban J connectivity index is 2.35. The molecule has 2 heterocycles. The van der Waals surface area contributed by atoms with Gasteiger partial charge < -0.3 is 9.88 Å². The normalized spacial score (nSPS) is 18.9. The number of hydrogen-bond donors (Lipinski definition) is 1. The molecule has 4 heteroatoms. The number of hydrogen-bond acceptors (Lipinski definition) is 2. The number of carbonyl (C=O) groups is 2. The first kappa shape index (κ1) is 10.1. The maximum absolute atomic E-state index is 11.8. The molecule has 1 aliphatic rings. The molecule has 1 aromatic heterocycles. The first-order chi connectivity index (χ1) is 8.20. The number of benzene rings is 1. The minimum atomic E-state index is -0.0491. The summed E-state index contributed by atoms with van der Waals surface area (Å²) >= 11 is 0. The van der Waals surface area contributed by atoms with E-state index in [4.69, 9.17) is 0 Å². The van der Waals surface area contributed by atoms with Crippen LogP contribution in [-0.4, -0.2) is 23.3 Å². The molecule has 1 unspecified atom stereocenters. The second kappa shape index (κ2) is 3.45. The zero-order valence-corrected chi connectivity index (χ0v) is 9.43. The van der Waals surface area contributed by atoms with E-state index in [1.165, 1.54) is 0 Å². The fourth-order valence-electron chi connectivity index (χ4n) is 2.38. The van der Waals surface area contributed by atoms with Gasteiger partial charge in [-0.15, -0.1) is 0 Å². The summed E-state index contributed by atoms with van der Waals surface area (Å²) in [5.74, 6) is -0.0491. The van der Waals surface area contributed by atoms with Gasteiger partial charge in [0.25, 0.3) is 5.91 Å². The Morgan fingerprint density at radius 2 is 2.24 bits per heavy atom. The molecule has 0 radical (unpaired) electrons. The molecule has 0 spiro atoms. The number of aromatic nitrogens is 1. The predicted octanol–water partition coefficient (Wildman–Crippen LogP) is 1.76. The summed E-state index contributed by atoms with van der Waals surface area (Å²) in [6, 6.07) is 7.56. The average molecular weight is 228 g/mol. The van der Waals surface area contributed by atoms with Crippen molar-refractivity contribution in [2.24, 2.45) is 0 Å². The third kappa shape index (κ3) is 1.37. The Morgan fingerprint density at radius 3 is 3.00 bits per heavy atom. The van der Waals surface area contributed by atoms with Crippen LogP contribution in [0, 0.1) is 0 Å². The lowest BCUT2D eigenvalue weighted by Crippen LogP contribution is -2.37. The molecule has 1 N–H and O–H groups in total. The minimum Gasteiger partial charge on any atom is -0.349 e. The van der Waals surface area contributed by atoms with E-state index in [9.17, 15) is 9.59 Å². The molecule has 1 aliphatic heterocycles. The van der Waals surface area contributed by atoms with Crippen LogP contribution < -0.4 is 5.32 Å². The van der Waals surface area contributed by atoms with Crippen molar-refractivity contribution in [2.75, 3.05) is 6.54 Å². The Labute approximate surface area is 98.2 Å². The number of nitrogens with zero attached hydrogens (tertiary/aromatic N) is 1. The smallest absolute Gasteiger partial charge is 0.268 e. The largest absolute Gasteiger partial charge is 0.349 e. The molecule has 0 fully saturated rings.